The van der Waals surface area contributed by atoms with Crippen LogP contribution >= 0.6 is 0 Å². The lowest BCUT2D eigenvalue weighted by Gasteiger charge is -2.06. The van der Waals surface area contributed by atoms with Crippen molar-refractivity contribution in [3.8, 4) is 0 Å². The third kappa shape index (κ3) is 1.32. The number of aliphatic hydroxyl groups excluding tert-OH is 1. The zero-order chi connectivity index (χ0) is 9.26. The van der Waals surface area contributed by atoms with Crippen LogP contribution in [0.25, 0.3) is 10.9 Å². The van der Waals surface area contributed by atoms with Crippen LogP contribution in [-0.2, 0) is 0 Å². The van der Waals surface area contributed by atoms with Gasteiger partial charge in [0.05, 0.1) is 0 Å². The van der Waals surface area contributed by atoms with Gasteiger partial charge >= 0.3 is 0 Å². The van der Waals surface area contributed by atoms with E-state index in [1.54, 1.807) is 7.05 Å². The first-order valence-electron chi connectivity index (χ1n) is 4.24. The van der Waals surface area contributed by atoms with Crippen molar-refractivity contribution < 1.29 is 5.11 Å². The van der Waals surface area contributed by atoms with E-state index in [9.17, 15) is 5.11 Å². The molecule has 0 bridgehead atoms. The summed E-state index contributed by atoms with van der Waals surface area (Å²) in [7, 11) is 1.73. The van der Waals surface area contributed by atoms with Crippen molar-refractivity contribution in [2.45, 2.75) is 6.23 Å². The molecule has 0 amide bonds. The van der Waals surface area contributed by atoms with Gasteiger partial charge in [-0.2, -0.15) is 0 Å². The molecule has 0 fully saturated rings. The summed E-state index contributed by atoms with van der Waals surface area (Å²) in [6, 6.07) is 7.90. The van der Waals surface area contributed by atoms with Crippen molar-refractivity contribution in [3.63, 3.8) is 0 Å². The van der Waals surface area contributed by atoms with Gasteiger partial charge in [0.2, 0.25) is 0 Å². The van der Waals surface area contributed by atoms with Gasteiger partial charge in [-0.05, 0) is 13.1 Å². The molecule has 0 aliphatic rings. The zero-order valence-electron chi connectivity index (χ0n) is 7.41. The number of aliphatic hydroxyl groups is 1. The number of aromatic amines is 1. The normalized spacial score (nSPS) is 13.4. The van der Waals surface area contributed by atoms with E-state index in [0.29, 0.717) is 0 Å². The number of aromatic nitrogens is 1. The number of H-pyrrole nitrogens is 1. The molecule has 1 heterocycles. The molecule has 13 heavy (non-hydrogen) atoms. The highest BCUT2D eigenvalue weighted by molar-refractivity contribution is 5.83. The average Bonchev–Trinajstić information content (AvgIpc) is 2.60. The Kier molecular flexibility index (Phi) is 2.04. The van der Waals surface area contributed by atoms with Crippen molar-refractivity contribution >= 4 is 10.9 Å². The Morgan fingerprint density at radius 3 is 2.92 bits per heavy atom. The van der Waals surface area contributed by atoms with Gasteiger partial charge in [-0.1, -0.05) is 18.2 Å². The van der Waals surface area contributed by atoms with Crippen LogP contribution in [-0.4, -0.2) is 17.1 Å². The third-order valence-corrected chi connectivity index (χ3v) is 2.19. The minimum atomic E-state index is -0.601. The van der Waals surface area contributed by atoms with E-state index in [1.165, 1.54) is 0 Å². The molecule has 1 aromatic heterocycles. The first-order chi connectivity index (χ1) is 6.33. The van der Waals surface area contributed by atoms with Gasteiger partial charge in [0.25, 0.3) is 0 Å². The van der Waals surface area contributed by atoms with Crippen LogP contribution in [0.4, 0.5) is 0 Å². The first kappa shape index (κ1) is 8.29. The minimum absolute atomic E-state index is 0.601. The Labute approximate surface area is 76.4 Å². The first-order valence-corrected chi connectivity index (χ1v) is 4.24. The van der Waals surface area contributed by atoms with E-state index in [2.05, 4.69) is 10.3 Å². The molecule has 0 aliphatic heterocycles. The third-order valence-electron chi connectivity index (χ3n) is 2.19. The van der Waals surface area contributed by atoms with Crippen molar-refractivity contribution in [2.75, 3.05) is 7.05 Å². The highest BCUT2D eigenvalue weighted by Crippen LogP contribution is 2.21. The number of fused-ring (bicyclic) bond motifs is 1. The highest BCUT2D eigenvalue weighted by Gasteiger charge is 2.09. The Morgan fingerprint density at radius 2 is 2.15 bits per heavy atom. The fourth-order valence-electron chi connectivity index (χ4n) is 1.48. The van der Waals surface area contributed by atoms with Gasteiger partial charge < -0.3 is 10.1 Å². The Balaban J connectivity index is 2.57. The largest absolute Gasteiger partial charge is 0.374 e. The lowest BCUT2D eigenvalue weighted by atomic mass is 10.1. The summed E-state index contributed by atoms with van der Waals surface area (Å²) >= 11 is 0. The van der Waals surface area contributed by atoms with Crippen LogP contribution in [0.2, 0.25) is 0 Å². The number of benzene rings is 1. The van der Waals surface area contributed by atoms with E-state index in [-0.39, 0.29) is 0 Å². The highest BCUT2D eigenvalue weighted by atomic mass is 16.3. The average molecular weight is 176 g/mol. The van der Waals surface area contributed by atoms with Gasteiger partial charge in [-0.25, -0.2) is 0 Å². The molecule has 0 spiro atoms. The summed E-state index contributed by atoms with van der Waals surface area (Å²) in [6.07, 6.45) is 1.22. The maximum Gasteiger partial charge on any atom is 0.132 e. The lowest BCUT2D eigenvalue weighted by Crippen LogP contribution is -2.14. The standard InChI is InChI=1S/C10H12N2O/c1-11-10(13)8-6-12-9-5-3-2-4-7(8)9/h2-6,10-13H,1H3. The van der Waals surface area contributed by atoms with Crippen LogP contribution in [0.15, 0.2) is 30.5 Å². The van der Waals surface area contributed by atoms with Crippen LogP contribution < -0.4 is 5.32 Å². The quantitative estimate of drug-likeness (QED) is 0.605. The summed E-state index contributed by atoms with van der Waals surface area (Å²) in [4.78, 5) is 3.10. The molecule has 0 saturated carbocycles. The topological polar surface area (TPSA) is 48.0 Å². The Bertz CT molecular complexity index is 408. The maximum absolute atomic E-state index is 9.59. The molecule has 0 radical (unpaired) electrons. The van der Waals surface area contributed by atoms with Gasteiger partial charge in [0, 0.05) is 22.7 Å². The molecule has 2 rings (SSSR count). The van der Waals surface area contributed by atoms with Crippen LogP contribution in [0.5, 0.6) is 0 Å². The second-order valence-electron chi connectivity index (χ2n) is 2.98. The molecule has 1 aromatic carbocycles. The number of para-hydroxylation sites is 1. The smallest absolute Gasteiger partial charge is 0.132 e. The zero-order valence-corrected chi connectivity index (χ0v) is 7.41. The second kappa shape index (κ2) is 3.20. The van der Waals surface area contributed by atoms with E-state index >= 15 is 0 Å². The molecular formula is C10H12N2O. The number of hydrogen-bond donors (Lipinski definition) is 3. The Morgan fingerprint density at radius 1 is 1.38 bits per heavy atom. The molecule has 3 nitrogen and oxygen atoms in total. The molecule has 2 aromatic rings. The fourth-order valence-corrected chi connectivity index (χ4v) is 1.48. The van der Waals surface area contributed by atoms with Crippen molar-refractivity contribution in [1.82, 2.24) is 10.3 Å². The van der Waals surface area contributed by atoms with E-state index in [1.807, 2.05) is 30.5 Å². The maximum atomic E-state index is 9.59. The van der Waals surface area contributed by atoms with Crippen LogP contribution in [0, 0.1) is 0 Å². The molecule has 3 N–H and O–H groups in total. The van der Waals surface area contributed by atoms with E-state index < -0.39 is 6.23 Å². The number of hydrogen-bond acceptors (Lipinski definition) is 2. The molecule has 1 atom stereocenters. The van der Waals surface area contributed by atoms with Gasteiger partial charge in [-0.3, -0.25) is 5.32 Å². The second-order valence-corrected chi connectivity index (χ2v) is 2.98. The van der Waals surface area contributed by atoms with Crippen molar-refractivity contribution in [1.29, 1.82) is 0 Å². The molecule has 3 heteroatoms. The summed E-state index contributed by atoms with van der Waals surface area (Å²) in [6.45, 7) is 0. The molecule has 0 aliphatic carbocycles. The fraction of sp³-hybridized carbons (Fsp3) is 0.200. The predicted molar refractivity (Wildman–Crippen MR) is 52.3 cm³/mol. The molecule has 0 saturated heterocycles. The van der Waals surface area contributed by atoms with E-state index in [0.717, 1.165) is 16.5 Å². The van der Waals surface area contributed by atoms with Gasteiger partial charge in [0.1, 0.15) is 6.23 Å². The SMILES string of the molecule is CNC(O)c1c[nH]c2ccccc12. The summed E-state index contributed by atoms with van der Waals surface area (Å²) in [5.41, 5.74) is 1.94. The Hall–Kier alpha value is -1.32. The van der Waals surface area contributed by atoms with Crippen molar-refractivity contribution in [2.24, 2.45) is 0 Å². The van der Waals surface area contributed by atoms with Crippen molar-refractivity contribution in [3.05, 3.63) is 36.0 Å². The molecular weight excluding hydrogens is 164 g/mol. The number of rotatable bonds is 2. The van der Waals surface area contributed by atoms with Crippen LogP contribution in [0.3, 0.4) is 0 Å². The predicted octanol–water partition coefficient (Wildman–Crippen LogP) is 1.38. The molecule has 1 unspecified atom stereocenters. The van der Waals surface area contributed by atoms with E-state index in [4.69, 9.17) is 0 Å². The summed E-state index contributed by atoms with van der Waals surface area (Å²) in [5, 5.41) is 13.4. The molecule has 68 valence electrons. The summed E-state index contributed by atoms with van der Waals surface area (Å²) in [5.74, 6) is 0. The van der Waals surface area contributed by atoms with Gasteiger partial charge in [0.15, 0.2) is 0 Å². The lowest BCUT2D eigenvalue weighted by molar-refractivity contribution is 0.151. The minimum Gasteiger partial charge on any atom is -0.374 e. The van der Waals surface area contributed by atoms with Gasteiger partial charge in [-0.15, -0.1) is 0 Å². The summed E-state index contributed by atoms with van der Waals surface area (Å²) < 4.78 is 0. The monoisotopic (exact) mass is 176 g/mol. The van der Waals surface area contributed by atoms with Crippen LogP contribution in [0.1, 0.15) is 11.8 Å². The number of nitrogens with one attached hydrogen (secondary N) is 2.